The van der Waals surface area contributed by atoms with Crippen molar-refractivity contribution in [2.75, 3.05) is 0 Å². The third-order valence-corrected chi connectivity index (χ3v) is 4.34. The minimum absolute atomic E-state index is 0.0687. The Morgan fingerprint density at radius 3 is 2.84 bits per heavy atom. The Hall–Kier alpha value is -1.35. The monoisotopic (exact) mass is 276 g/mol. The molecule has 3 rings (SSSR count). The molecule has 0 spiro atoms. The number of fused-ring (bicyclic) bond motifs is 1. The van der Waals surface area contributed by atoms with E-state index in [9.17, 15) is 4.79 Å². The number of para-hydroxylation sites is 2. The number of nitrogens with zero attached hydrogens (tertiary/aromatic N) is 2. The van der Waals surface area contributed by atoms with E-state index in [1.165, 1.54) is 19.3 Å². The van der Waals surface area contributed by atoms with Gasteiger partial charge in [0.2, 0.25) is 0 Å². The van der Waals surface area contributed by atoms with Crippen molar-refractivity contribution in [3.05, 3.63) is 39.8 Å². The average molecular weight is 277 g/mol. The molecule has 0 N–H and O–H groups in total. The van der Waals surface area contributed by atoms with Crippen LogP contribution in [0.25, 0.3) is 11.0 Å². The highest BCUT2D eigenvalue weighted by Crippen LogP contribution is 2.34. The van der Waals surface area contributed by atoms with Crippen molar-refractivity contribution in [3.63, 3.8) is 0 Å². The zero-order valence-corrected chi connectivity index (χ0v) is 11.7. The lowest BCUT2D eigenvalue weighted by molar-refractivity contribution is 0.257. The van der Waals surface area contributed by atoms with Crippen LogP contribution in [0.4, 0.5) is 0 Å². The summed E-state index contributed by atoms with van der Waals surface area (Å²) in [6.45, 7) is 2.10. The Kier molecular flexibility index (Phi) is 3.31. The maximum Gasteiger partial charge on any atom is 0.288 e. The molecule has 0 bridgehead atoms. The van der Waals surface area contributed by atoms with Crippen LogP contribution in [0.1, 0.15) is 38.6 Å². The van der Waals surface area contributed by atoms with Gasteiger partial charge in [-0.05, 0) is 31.4 Å². The third kappa shape index (κ3) is 2.27. The molecule has 19 heavy (non-hydrogen) atoms. The van der Waals surface area contributed by atoms with Crippen molar-refractivity contribution in [1.82, 2.24) is 9.55 Å². The van der Waals surface area contributed by atoms with Crippen LogP contribution in [0, 0.1) is 5.92 Å². The average Bonchev–Trinajstić information content (AvgIpc) is 2.35. The molecule has 1 atom stereocenters. The van der Waals surface area contributed by atoms with E-state index in [1.54, 1.807) is 0 Å². The Labute approximate surface area is 117 Å². The SMILES string of the molecule is C[C@H](CC1CCC1)n1c(=O)c(Cl)nc2ccccc21. The molecule has 1 aliphatic carbocycles. The number of hydrogen-bond donors (Lipinski definition) is 0. The van der Waals surface area contributed by atoms with Crippen LogP contribution in [-0.4, -0.2) is 9.55 Å². The molecule has 0 amide bonds. The molecule has 3 nitrogen and oxygen atoms in total. The second-order valence-electron chi connectivity index (χ2n) is 5.45. The molecule has 1 aromatic heterocycles. The van der Waals surface area contributed by atoms with Gasteiger partial charge in [0.25, 0.3) is 5.56 Å². The van der Waals surface area contributed by atoms with E-state index in [0.29, 0.717) is 0 Å². The van der Waals surface area contributed by atoms with E-state index in [2.05, 4.69) is 11.9 Å². The van der Waals surface area contributed by atoms with Crippen molar-refractivity contribution in [2.45, 2.75) is 38.6 Å². The van der Waals surface area contributed by atoms with E-state index in [0.717, 1.165) is 23.4 Å². The summed E-state index contributed by atoms with van der Waals surface area (Å²) in [4.78, 5) is 16.4. The summed E-state index contributed by atoms with van der Waals surface area (Å²) in [5.41, 5.74) is 1.49. The molecule has 1 aliphatic rings. The summed E-state index contributed by atoms with van der Waals surface area (Å²) in [5, 5.41) is 0.0687. The molecule has 4 heteroatoms. The normalized spacial score (nSPS) is 17.4. The fourth-order valence-electron chi connectivity index (χ4n) is 2.88. The van der Waals surface area contributed by atoms with Crippen molar-refractivity contribution in [3.8, 4) is 0 Å². The van der Waals surface area contributed by atoms with E-state index in [1.807, 2.05) is 28.8 Å². The zero-order valence-electron chi connectivity index (χ0n) is 11.0. The topological polar surface area (TPSA) is 34.9 Å². The lowest BCUT2D eigenvalue weighted by Crippen LogP contribution is -2.27. The minimum Gasteiger partial charge on any atom is -0.301 e. The molecule has 0 saturated heterocycles. The molecule has 1 aromatic carbocycles. The van der Waals surface area contributed by atoms with E-state index < -0.39 is 0 Å². The molecular weight excluding hydrogens is 260 g/mol. The molecule has 1 saturated carbocycles. The van der Waals surface area contributed by atoms with Crippen LogP contribution in [0.5, 0.6) is 0 Å². The first-order valence-corrected chi connectivity index (χ1v) is 7.21. The number of hydrogen-bond acceptors (Lipinski definition) is 2. The smallest absolute Gasteiger partial charge is 0.288 e. The maximum atomic E-state index is 12.3. The molecular formula is C15H17ClN2O. The van der Waals surface area contributed by atoms with Gasteiger partial charge in [-0.1, -0.05) is 43.0 Å². The third-order valence-electron chi connectivity index (χ3n) is 4.10. The zero-order chi connectivity index (χ0) is 13.4. The van der Waals surface area contributed by atoms with Gasteiger partial charge < -0.3 is 4.57 Å². The number of halogens is 1. The lowest BCUT2D eigenvalue weighted by Gasteiger charge is -2.29. The first-order valence-electron chi connectivity index (χ1n) is 6.83. The largest absolute Gasteiger partial charge is 0.301 e. The van der Waals surface area contributed by atoms with Crippen LogP contribution in [0.3, 0.4) is 0 Å². The molecule has 1 heterocycles. The van der Waals surface area contributed by atoms with Crippen molar-refractivity contribution in [2.24, 2.45) is 5.92 Å². The predicted molar refractivity (Wildman–Crippen MR) is 77.7 cm³/mol. The summed E-state index contributed by atoms with van der Waals surface area (Å²) in [6, 6.07) is 7.86. The lowest BCUT2D eigenvalue weighted by atomic mass is 9.81. The summed E-state index contributed by atoms with van der Waals surface area (Å²) in [6.07, 6.45) is 4.94. The van der Waals surface area contributed by atoms with Gasteiger partial charge in [-0.2, -0.15) is 0 Å². The minimum atomic E-state index is -0.174. The van der Waals surface area contributed by atoms with Gasteiger partial charge in [0, 0.05) is 6.04 Å². The van der Waals surface area contributed by atoms with Crippen LogP contribution in [0.15, 0.2) is 29.1 Å². The molecule has 2 aromatic rings. The predicted octanol–water partition coefficient (Wildman–Crippen LogP) is 3.80. The molecule has 0 radical (unpaired) electrons. The fourth-order valence-corrected chi connectivity index (χ4v) is 3.06. The summed E-state index contributed by atoms with van der Waals surface area (Å²) in [5.74, 6) is 0.757. The maximum absolute atomic E-state index is 12.3. The van der Waals surface area contributed by atoms with Gasteiger partial charge in [0.1, 0.15) is 0 Å². The fraction of sp³-hybridized carbons (Fsp3) is 0.467. The van der Waals surface area contributed by atoms with E-state index >= 15 is 0 Å². The van der Waals surface area contributed by atoms with Gasteiger partial charge >= 0.3 is 0 Å². The highest BCUT2D eigenvalue weighted by atomic mass is 35.5. The molecule has 100 valence electrons. The van der Waals surface area contributed by atoms with Crippen LogP contribution < -0.4 is 5.56 Å². The van der Waals surface area contributed by atoms with Crippen LogP contribution >= 0.6 is 11.6 Å². The Morgan fingerprint density at radius 2 is 2.16 bits per heavy atom. The highest BCUT2D eigenvalue weighted by Gasteiger charge is 2.22. The Morgan fingerprint density at radius 1 is 1.42 bits per heavy atom. The Balaban J connectivity index is 2.09. The number of aromatic nitrogens is 2. The number of benzene rings is 1. The van der Waals surface area contributed by atoms with Gasteiger partial charge in [0.05, 0.1) is 11.0 Å². The second kappa shape index (κ2) is 4.97. The summed E-state index contributed by atoms with van der Waals surface area (Å²) < 4.78 is 1.81. The highest BCUT2D eigenvalue weighted by molar-refractivity contribution is 6.29. The van der Waals surface area contributed by atoms with Crippen molar-refractivity contribution in [1.29, 1.82) is 0 Å². The molecule has 1 fully saturated rings. The van der Waals surface area contributed by atoms with E-state index in [-0.39, 0.29) is 16.8 Å². The second-order valence-corrected chi connectivity index (χ2v) is 5.81. The molecule has 0 unspecified atom stereocenters. The molecule has 0 aliphatic heterocycles. The van der Waals surface area contributed by atoms with Crippen LogP contribution in [-0.2, 0) is 0 Å². The number of rotatable bonds is 3. The van der Waals surface area contributed by atoms with Gasteiger partial charge in [-0.25, -0.2) is 4.98 Å². The van der Waals surface area contributed by atoms with Crippen molar-refractivity contribution < 1.29 is 0 Å². The van der Waals surface area contributed by atoms with Gasteiger partial charge in [0.15, 0.2) is 5.15 Å². The quantitative estimate of drug-likeness (QED) is 0.855. The van der Waals surface area contributed by atoms with E-state index in [4.69, 9.17) is 11.6 Å². The van der Waals surface area contributed by atoms with Crippen molar-refractivity contribution >= 4 is 22.6 Å². The summed E-state index contributed by atoms with van der Waals surface area (Å²) in [7, 11) is 0. The Bertz CT molecular complexity index is 661. The van der Waals surface area contributed by atoms with Gasteiger partial charge in [-0.15, -0.1) is 0 Å². The summed E-state index contributed by atoms with van der Waals surface area (Å²) >= 11 is 5.98. The standard InChI is InChI=1S/C15H17ClN2O/c1-10(9-11-5-4-6-11)18-13-8-3-2-7-12(13)17-14(16)15(18)19/h2-3,7-8,10-11H,4-6,9H2,1H3/t10-/m1/s1. The van der Waals surface area contributed by atoms with Gasteiger partial charge in [-0.3, -0.25) is 4.79 Å². The van der Waals surface area contributed by atoms with Crippen LogP contribution in [0.2, 0.25) is 5.15 Å². The first kappa shape index (κ1) is 12.7. The first-order chi connectivity index (χ1) is 9.16.